The van der Waals surface area contributed by atoms with Crippen LogP contribution in [0.2, 0.25) is 0 Å². The molecule has 0 bridgehead atoms. The van der Waals surface area contributed by atoms with Crippen LogP contribution in [-0.2, 0) is 6.42 Å². The highest BCUT2D eigenvalue weighted by atomic mass is 19.1. The minimum atomic E-state index is -0.146. The van der Waals surface area contributed by atoms with Gasteiger partial charge in [-0.1, -0.05) is 26.0 Å². The van der Waals surface area contributed by atoms with E-state index in [9.17, 15) is 4.39 Å². The molecule has 0 saturated heterocycles. The van der Waals surface area contributed by atoms with Crippen LogP contribution >= 0.6 is 0 Å². The molecule has 0 heterocycles. The quantitative estimate of drug-likeness (QED) is 0.767. The minimum Gasteiger partial charge on any atom is -0.311 e. The first-order valence-electron chi connectivity index (χ1n) is 6.98. The third-order valence-corrected chi connectivity index (χ3v) is 3.18. The first kappa shape index (κ1) is 15.2. The Kier molecular flexibility index (Phi) is 6.34. The predicted molar refractivity (Wildman–Crippen MR) is 76.2 cm³/mol. The molecule has 0 amide bonds. The fraction of sp³-hybridized carbons (Fsp3) is 0.625. The Labute approximate surface area is 111 Å². The van der Waals surface area contributed by atoms with Crippen molar-refractivity contribution in [3.8, 4) is 0 Å². The van der Waals surface area contributed by atoms with E-state index in [-0.39, 0.29) is 5.82 Å². The number of rotatable bonds is 7. The number of nitrogens with one attached hydrogen (secondary N) is 1. The van der Waals surface area contributed by atoms with Gasteiger partial charge in [0.15, 0.2) is 0 Å². The summed E-state index contributed by atoms with van der Waals surface area (Å²) in [5, 5.41) is 3.58. The second kappa shape index (κ2) is 7.52. The lowest BCUT2D eigenvalue weighted by molar-refractivity contribution is 0.409. The molecule has 0 fully saturated rings. The van der Waals surface area contributed by atoms with Crippen molar-refractivity contribution in [3.63, 3.8) is 0 Å². The van der Waals surface area contributed by atoms with E-state index in [0.717, 1.165) is 17.9 Å². The van der Waals surface area contributed by atoms with Crippen molar-refractivity contribution < 1.29 is 4.39 Å². The van der Waals surface area contributed by atoms with Crippen LogP contribution in [-0.4, -0.2) is 12.1 Å². The number of halogens is 1. The molecular formula is C16H26FN. The van der Waals surface area contributed by atoms with Gasteiger partial charge in [-0.2, -0.15) is 0 Å². The van der Waals surface area contributed by atoms with Gasteiger partial charge in [0.1, 0.15) is 5.82 Å². The molecule has 102 valence electrons. The Bertz CT molecular complexity index is 349. The maximum Gasteiger partial charge on any atom is 0.123 e. The maximum absolute atomic E-state index is 13.1. The third-order valence-electron chi connectivity index (χ3n) is 3.18. The molecule has 0 aromatic heterocycles. The zero-order valence-corrected chi connectivity index (χ0v) is 12.0. The summed E-state index contributed by atoms with van der Waals surface area (Å²) in [6, 6.07) is 7.79. The predicted octanol–water partition coefficient (Wildman–Crippen LogP) is 4.17. The van der Waals surface area contributed by atoms with Crippen molar-refractivity contribution in [3.05, 3.63) is 35.6 Å². The smallest absolute Gasteiger partial charge is 0.123 e. The highest BCUT2D eigenvalue weighted by molar-refractivity contribution is 5.17. The van der Waals surface area contributed by atoms with Crippen LogP contribution in [0.5, 0.6) is 0 Å². The van der Waals surface area contributed by atoms with Gasteiger partial charge in [-0.3, -0.25) is 0 Å². The normalized spacial score (nSPS) is 14.8. The topological polar surface area (TPSA) is 12.0 Å². The molecule has 0 aliphatic heterocycles. The molecule has 2 unspecified atom stereocenters. The summed E-state index contributed by atoms with van der Waals surface area (Å²) in [5.74, 6) is 0.611. The second-order valence-corrected chi connectivity index (χ2v) is 5.77. The van der Waals surface area contributed by atoms with Gasteiger partial charge < -0.3 is 5.32 Å². The Morgan fingerprint density at radius 1 is 1.06 bits per heavy atom. The summed E-state index contributed by atoms with van der Waals surface area (Å²) in [5.41, 5.74) is 1.06. The molecule has 1 aromatic rings. The van der Waals surface area contributed by atoms with Crippen LogP contribution in [0, 0.1) is 11.7 Å². The fourth-order valence-electron chi connectivity index (χ4n) is 2.23. The fourth-order valence-corrected chi connectivity index (χ4v) is 2.23. The SMILES string of the molecule is CC(C)CCC(C)NC(C)Cc1cccc(F)c1. The average Bonchev–Trinajstić information content (AvgIpc) is 2.26. The standard InChI is InChI=1S/C16H26FN/c1-12(2)8-9-13(3)18-14(4)10-15-6-5-7-16(17)11-15/h5-7,11-14,18H,8-10H2,1-4H3. The molecule has 1 aromatic carbocycles. The average molecular weight is 251 g/mol. The van der Waals surface area contributed by atoms with E-state index in [4.69, 9.17) is 0 Å². The van der Waals surface area contributed by atoms with E-state index < -0.39 is 0 Å². The highest BCUT2D eigenvalue weighted by Gasteiger charge is 2.09. The Hall–Kier alpha value is -0.890. The van der Waals surface area contributed by atoms with Gasteiger partial charge in [0.25, 0.3) is 0 Å². The van der Waals surface area contributed by atoms with E-state index >= 15 is 0 Å². The second-order valence-electron chi connectivity index (χ2n) is 5.77. The van der Waals surface area contributed by atoms with Gasteiger partial charge in [0.05, 0.1) is 0 Å². The summed E-state index contributed by atoms with van der Waals surface area (Å²) >= 11 is 0. The lowest BCUT2D eigenvalue weighted by Crippen LogP contribution is -2.36. The van der Waals surface area contributed by atoms with Crippen LogP contribution in [0.15, 0.2) is 24.3 Å². The van der Waals surface area contributed by atoms with Crippen LogP contribution < -0.4 is 5.32 Å². The summed E-state index contributed by atoms with van der Waals surface area (Å²) in [7, 11) is 0. The first-order chi connectivity index (χ1) is 8.47. The number of benzene rings is 1. The molecule has 2 atom stereocenters. The van der Waals surface area contributed by atoms with E-state index in [2.05, 4.69) is 33.0 Å². The molecule has 0 saturated carbocycles. The molecule has 0 radical (unpaired) electrons. The molecule has 18 heavy (non-hydrogen) atoms. The van der Waals surface area contributed by atoms with Crippen LogP contribution in [0.25, 0.3) is 0 Å². The van der Waals surface area contributed by atoms with E-state index in [1.807, 2.05) is 6.07 Å². The van der Waals surface area contributed by atoms with Gasteiger partial charge in [0, 0.05) is 12.1 Å². The van der Waals surface area contributed by atoms with E-state index in [1.165, 1.54) is 18.9 Å². The summed E-state index contributed by atoms with van der Waals surface area (Å²) < 4.78 is 13.1. The lowest BCUT2D eigenvalue weighted by atomic mass is 10.0. The number of hydrogen-bond acceptors (Lipinski definition) is 1. The summed E-state index contributed by atoms with van der Waals surface area (Å²) in [6.07, 6.45) is 3.33. The van der Waals surface area contributed by atoms with Gasteiger partial charge >= 0.3 is 0 Å². The van der Waals surface area contributed by atoms with Crippen molar-refractivity contribution in [2.45, 2.75) is 59.0 Å². The van der Waals surface area contributed by atoms with Crippen molar-refractivity contribution in [1.29, 1.82) is 0 Å². The van der Waals surface area contributed by atoms with Crippen LogP contribution in [0.4, 0.5) is 4.39 Å². The Morgan fingerprint density at radius 2 is 1.78 bits per heavy atom. The van der Waals surface area contributed by atoms with Gasteiger partial charge in [-0.25, -0.2) is 4.39 Å². The number of hydrogen-bond donors (Lipinski definition) is 1. The molecule has 2 heteroatoms. The maximum atomic E-state index is 13.1. The molecule has 0 spiro atoms. The summed E-state index contributed by atoms with van der Waals surface area (Å²) in [4.78, 5) is 0. The molecule has 1 nitrogen and oxygen atoms in total. The van der Waals surface area contributed by atoms with E-state index in [0.29, 0.717) is 12.1 Å². The Morgan fingerprint density at radius 3 is 2.39 bits per heavy atom. The highest BCUT2D eigenvalue weighted by Crippen LogP contribution is 2.09. The lowest BCUT2D eigenvalue weighted by Gasteiger charge is -2.21. The van der Waals surface area contributed by atoms with Crippen molar-refractivity contribution in [2.75, 3.05) is 0 Å². The zero-order chi connectivity index (χ0) is 13.5. The first-order valence-corrected chi connectivity index (χ1v) is 6.98. The monoisotopic (exact) mass is 251 g/mol. The summed E-state index contributed by atoms with van der Waals surface area (Å²) in [6.45, 7) is 8.90. The zero-order valence-electron chi connectivity index (χ0n) is 12.0. The van der Waals surface area contributed by atoms with Crippen molar-refractivity contribution in [1.82, 2.24) is 5.32 Å². The van der Waals surface area contributed by atoms with Gasteiger partial charge in [-0.05, 0) is 56.7 Å². The molecule has 1 rings (SSSR count). The van der Waals surface area contributed by atoms with E-state index in [1.54, 1.807) is 12.1 Å². The third kappa shape index (κ3) is 6.15. The van der Waals surface area contributed by atoms with Gasteiger partial charge in [-0.15, -0.1) is 0 Å². The Balaban J connectivity index is 2.34. The largest absolute Gasteiger partial charge is 0.311 e. The van der Waals surface area contributed by atoms with Crippen LogP contribution in [0.1, 0.15) is 46.1 Å². The van der Waals surface area contributed by atoms with Crippen molar-refractivity contribution >= 4 is 0 Å². The molecule has 1 N–H and O–H groups in total. The van der Waals surface area contributed by atoms with Crippen molar-refractivity contribution in [2.24, 2.45) is 5.92 Å². The van der Waals surface area contributed by atoms with Gasteiger partial charge in [0.2, 0.25) is 0 Å². The molecular weight excluding hydrogens is 225 g/mol. The minimum absolute atomic E-state index is 0.146. The molecule has 0 aliphatic carbocycles. The van der Waals surface area contributed by atoms with Crippen LogP contribution in [0.3, 0.4) is 0 Å². The molecule has 0 aliphatic rings.